The molecule has 1 saturated carbocycles. The van der Waals surface area contributed by atoms with Gasteiger partial charge in [0.2, 0.25) is 0 Å². The third kappa shape index (κ3) is 4.85. The van der Waals surface area contributed by atoms with Crippen LogP contribution in [-0.4, -0.2) is 25.2 Å². The minimum absolute atomic E-state index is 0.0946. The summed E-state index contributed by atoms with van der Waals surface area (Å²) in [4.78, 5) is 11.2. The fraction of sp³-hybridized carbons (Fsp3) is 0.562. The Morgan fingerprint density at radius 3 is 2.76 bits per heavy atom. The first-order valence-electron chi connectivity index (χ1n) is 7.63. The van der Waals surface area contributed by atoms with Gasteiger partial charge in [0, 0.05) is 12.1 Å². The van der Waals surface area contributed by atoms with Gasteiger partial charge in [0.05, 0.1) is 18.0 Å². The summed E-state index contributed by atoms with van der Waals surface area (Å²) in [6, 6.07) is 5.97. The van der Waals surface area contributed by atoms with Gasteiger partial charge in [-0.1, -0.05) is 19.3 Å². The first kappa shape index (κ1) is 15.5. The van der Waals surface area contributed by atoms with Gasteiger partial charge in [-0.05, 0) is 31.9 Å². The first-order valence-corrected chi connectivity index (χ1v) is 7.63. The number of nitrogen functional groups attached to an aromatic ring is 1. The number of nitrogens with one attached hydrogen (secondary N) is 1. The second-order valence-electron chi connectivity index (χ2n) is 5.32. The van der Waals surface area contributed by atoms with Gasteiger partial charge in [0.15, 0.2) is 6.61 Å². The molecule has 0 saturated heterocycles. The number of nitrogens with two attached hydrogens (primary N) is 1. The van der Waals surface area contributed by atoms with E-state index in [-0.39, 0.29) is 12.6 Å². The molecule has 1 fully saturated rings. The van der Waals surface area contributed by atoms with Crippen molar-refractivity contribution in [2.24, 2.45) is 0 Å². The molecule has 1 aromatic rings. The molecular weight excluding hydrogens is 268 g/mol. The molecule has 5 nitrogen and oxygen atoms in total. The lowest BCUT2D eigenvalue weighted by Gasteiger charge is -2.24. The van der Waals surface area contributed by atoms with Gasteiger partial charge < -0.3 is 20.5 Å². The van der Waals surface area contributed by atoms with E-state index in [2.05, 4.69) is 5.32 Å². The van der Waals surface area contributed by atoms with Crippen LogP contribution in [0.5, 0.6) is 5.75 Å². The van der Waals surface area contributed by atoms with Crippen molar-refractivity contribution >= 4 is 17.3 Å². The number of esters is 1. The molecule has 3 N–H and O–H groups in total. The average molecular weight is 292 g/mol. The lowest BCUT2D eigenvalue weighted by molar-refractivity contribution is -0.145. The zero-order valence-corrected chi connectivity index (χ0v) is 12.6. The Labute approximate surface area is 125 Å². The number of benzene rings is 1. The van der Waals surface area contributed by atoms with Crippen LogP contribution in [0, 0.1) is 0 Å². The number of rotatable bonds is 6. The van der Waals surface area contributed by atoms with Crippen molar-refractivity contribution in [1.29, 1.82) is 0 Å². The van der Waals surface area contributed by atoms with Crippen LogP contribution < -0.4 is 15.8 Å². The van der Waals surface area contributed by atoms with Crippen LogP contribution in [0.25, 0.3) is 0 Å². The minimum atomic E-state index is -0.375. The molecule has 5 heteroatoms. The minimum Gasteiger partial charge on any atom is -0.482 e. The molecule has 0 bridgehead atoms. The molecule has 0 aliphatic heterocycles. The predicted octanol–water partition coefficient (Wildman–Crippen LogP) is 2.96. The summed E-state index contributed by atoms with van der Waals surface area (Å²) in [6.07, 6.45) is 6.27. The highest BCUT2D eigenvalue weighted by atomic mass is 16.6. The molecule has 116 valence electrons. The molecule has 0 radical (unpaired) electrons. The SMILES string of the molecule is CCOC(=O)COc1ccc(NC2CCCCC2)c(N)c1. The molecule has 0 spiro atoms. The van der Waals surface area contributed by atoms with E-state index in [1.807, 2.05) is 12.1 Å². The Balaban J connectivity index is 1.89. The Bertz CT molecular complexity index is 471. The molecular formula is C16H24N2O3. The van der Waals surface area contributed by atoms with Gasteiger partial charge in [0.25, 0.3) is 0 Å². The maximum absolute atomic E-state index is 11.2. The normalized spacial score (nSPS) is 15.5. The highest BCUT2D eigenvalue weighted by molar-refractivity contribution is 5.72. The van der Waals surface area contributed by atoms with E-state index in [1.54, 1.807) is 13.0 Å². The third-order valence-corrected chi connectivity index (χ3v) is 3.65. The molecule has 0 amide bonds. The van der Waals surface area contributed by atoms with Crippen LogP contribution in [0.1, 0.15) is 39.0 Å². The lowest BCUT2D eigenvalue weighted by atomic mass is 9.95. The Morgan fingerprint density at radius 2 is 2.10 bits per heavy atom. The van der Waals surface area contributed by atoms with Gasteiger partial charge in [-0.25, -0.2) is 4.79 Å². The summed E-state index contributed by atoms with van der Waals surface area (Å²) in [6.45, 7) is 2.03. The molecule has 21 heavy (non-hydrogen) atoms. The van der Waals surface area contributed by atoms with E-state index in [0.29, 0.717) is 24.1 Å². The van der Waals surface area contributed by atoms with E-state index in [4.69, 9.17) is 15.2 Å². The summed E-state index contributed by atoms with van der Waals surface area (Å²) in [5, 5.41) is 3.49. The number of ether oxygens (including phenoxy) is 2. The second-order valence-corrected chi connectivity index (χ2v) is 5.32. The topological polar surface area (TPSA) is 73.6 Å². The van der Waals surface area contributed by atoms with Gasteiger partial charge >= 0.3 is 5.97 Å². The van der Waals surface area contributed by atoms with Gasteiger partial charge in [-0.2, -0.15) is 0 Å². The number of hydrogen-bond acceptors (Lipinski definition) is 5. The summed E-state index contributed by atoms with van der Waals surface area (Å²) in [7, 11) is 0. The Hall–Kier alpha value is -1.91. The van der Waals surface area contributed by atoms with Crippen LogP contribution in [0.15, 0.2) is 18.2 Å². The molecule has 2 rings (SSSR count). The standard InChI is InChI=1S/C16H24N2O3/c1-2-20-16(19)11-21-13-8-9-15(14(17)10-13)18-12-6-4-3-5-7-12/h8-10,12,18H,2-7,11,17H2,1H3. The monoisotopic (exact) mass is 292 g/mol. The van der Waals surface area contributed by atoms with Crippen molar-refractivity contribution < 1.29 is 14.3 Å². The largest absolute Gasteiger partial charge is 0.482 e. The number of carbonyl (C=O) groups is 1. The lowest BCUT2D eigenvalue weighted by Crippen LogP contribution is -2.22. The van der Waals surface area contributed by atoms with E-state index < -0.39 is 0 Å². The zero-order valence-electron chi connectivity index (χ0n) is 12.6. The molecule has 0 atom stereocenters. The molecule has 0 aromatic heterocycles. The van der Waals surface area contributed by atoms with Crippen molar-refractivity contribution in [3.63, 3.8) is 0 Å². The van der Waals surface area contributed by atoms with E-state index >= 15 is 0 Å². The fourth-order valence-electron chi connectivity index (χ4n) is 2.57. The highest BCUT2D eigenvalue weighted by Crippen LogP contribution is 2.28. The predicted molar refractivity (Wildman–Crippen MR) is 83.5 cm³/mol. The van der Waals surface area contributed by atoms with Crippen LogP contribution in [0.2, 0.25) is 0 Å². The highest BCUT2D eigenvalue weighted by Gasteiger charge is 2.14. The van der Waals surface area contributed by atoms with Crippen LogP contribution >= 0.6 is 0 Å². The summed E-state index contributed by atoms with van der Waals surface area (Å²) in [5.41, 5.74) is 7.62. The Kier molecular flexibility index (Phi) is 5.72. The third-order valence-electron chi connectivity index (χ3n) is 3.65. The number of anilines is 2. The van der Waals surface area contributed by atoms with Crippen molar-refractivity contribution in [3.05, 3.63) is 18.2 Å². The average Bonchev–Trinajstić information content (AvgIpc) is 2.49. The van der Waals surface area contributed by atoms with E-state index in [1.165, 1.54) is 32.1 Å². The molecule has 1 aromatic carbocycles. The quantitative estimate of drug-likeness (QED) is 0.623. The first-order chi connectivity index (χ1) is 10.2. The van der Waals surface area contributed by atoms with Crippen molar-refractivity contribution in [2.75, 3.05) is 24.3 Å². The van der Waals surface area contributed by atoms with E-state index in [9.17, 15) is 4.79 Å². The van der Waals surface area contributed by atoms with Gasteiger partial charge in [0.1, 0.15) is 5.75 Å². The maximum Gasteiger partial charge on any atom is 0.344 e. The van der Waals surface area contributed by atoms with Gasteiger partial charge in [-0.3, -0.25) is 0 Å². The maximum atomic E-state index is 11.2. The second kappa shape index (κ2) is 7.76. The summed E-state index contributed by atoms with van der Waals surface area (Å²) < 4.78 is 10.2. The zero-order chi connectivity index (χ0) is 15.1. The number of carbonyl (C=O) groups excluding carboxylic acids is 1. The fourth-order valence-corrected chi connectivity index (χ4v) is 2.57. The van der Waals surface area contributed by atoms with Crippen molar-refractivity contribution in [3.8, 4) is 5.75 Å². The summed E-state index contributed by atoms with van der Waals surface area (Å²) in [5.74, 6) is 0.204. The van der Waals surface area contributed by atoms with Crippen molar-refractivity contribution in [2.45, 2.75) is 45.1 Å². The summed E-state index contributed by atoms with van der Waals surface area (Å²) >= 11 is 0. The smallest absolute Gasteiger partial charge is 0.344 e. The molecule has 0 unspecified atom stereocenters. The van der Waals surface area contributed by atoms with Crippen LogP contribution in [0.4, 0.5) is 11.4 Å². The van der Waals surface area contributed by atoms with Gasteiger partial charge in [-0.15, -0.1) is 0 Å². The van der Waals surface area contributed by atoms with Crippen molar-refractivity contribution in [1.82, 2.24) is 0 Å². The number of hydrogen-bond donors (Lipinski definition) is 2. The van der Waals surface area contributed by atoms with E-state index in [0.717, 1.165) is 5.69 Å². The van der Waals surface area contributed by atoms with Crippen LogP contribution in [-0.2, 0) is 9.53 Å². The molecule has 1 aliphatic carbocycles. The molecule has 0 heterocycles. The van der Waals surface area contributed by atoms with Crippen LogP contribution in [0.3, 0.4) is 0 Å². The Morgan fingerprint density at radius 1 is 1.33 bits per heavy atom. The molecule has 1 aliphatic rings.